The number of aromatic nitrogens is 2. The van der Waals surface area contributed by atoms with Gasteiger partial charge in [0.05, 0.1) is 7.05 Å². The average Bonchev–Trinajstić information content (AvgIpc) is 2.78. The first-order valence-electron chi connectivity index (χ1n) is 6.64. The predicted molar refractivity (Wildman–Crippen MR) is 77.4 cm³/mol. The van der Waals surface area contributed by atoms with Crippen LogP contribution >= 0.6 is 0 Å². The summed E-state index contributed by atoms with van der Waals surface area (Å²) in [6, 6.07) is 14.8. The van der Waals surface area contributed by atoms with Crippen LogP contribution in [0.3, 0.4) is 0 Å². The second-order valence-electron chi connectivity index (χ2n) is 4.98. The Morgan fingerprint density at radius 3 is 1.81 bits per heavy atom. The van der Waals surface area contributed by atoms with Gasteiger partial charge in [0.2, 0.25) is 5.69 Å². The monoisotopic (exact) mass is 285 g/mol. The normalized spacial score (nSPS) is 10.9. The van der Waals surface area contributed by atoms with Gasteiger partial charge >= 0.3 is 0 Å². The number of halogens is 2. The summed E-state index contributed by atoms with van der Waals surface area (Å²) < 4.78 is 30.0. The van der Waals surface area contributed by atoms with Gasteiger partial charge in [-0.2, -0.15) is 4.68 Å². The largest absolute Gasteiger partial charge is 0.238 e. The van der Waals surface area contributed by atoms with Crippen molar-refractivity contribution >= 4 is 0 Å². The zero-order valence-corrected chi connectivity index (χ0v) is 11.8. The topological polar surface area (TPSA) is 8.81 Å². The van der Waals surface area contributed by atoms with E-state index in [2.05, 4.69) is 0 Å². The average molecular weight is 285 g/mol. The first kappa shape index (κ1) is 13.5. The van der Waals surface area contributed by atoms with Crippen LogP contribution in [0.4, 0.5) is 8.78 Å². The van der Waals surface area contributed by atoms with E-state index in [0.717, 1.165) is 22.5 Å². The summed E-state index contributed by atoms with van der Waals surface area (Å²) in [6.07, 6.45) is 0. The van der Waals surface area contributed by atoms with E-state index in [1.165, 1.54) is 24.3 Å². The summed E-state index contributed by atoms with van der Waals surface area (Å²) >= 11 is 0. The van der Waals surface area contributed by atoms with Crippen molar-refractivity contribution in [3.05, 3.63) is 66.2 Å². The highest BCUT2D eigenvalue weighted by Gasteiger charge is 2.19. The molecule has 0 radical (unpaired) electrons. The minimum Gasteiger partial charge on any atom is -0.207 e. The molecular weight excluding hydrogens is 270 g/mol. The fourth-order valence-electron chi connectivity index (χ4n) is 2.42. The van der Waals surface area contributed by atoms with E-state index in [1.807, 2.05) is 29.5 Å². The Kier molecular flexibility index (Phi) is 3.29. The van der Waals surface area contributed by atoms with E-state index in [0.29, 0.717) is 0 Å². The van der Waals surface area contributed by atoms with Crippen LogP contribution in [-0.4, -0.2) is 4.68 Å². The minimum atomic E-state index is -0.254. The highest BCUT2D eigenvalue weighted by Crippen LogP contribution is 2.24. The zero-order chi connectivity index (χ0) is 15.0. The summed E-state index contributed by atoms with van der Waals surface area (Å²) in [6.45, 7) is 0. The molecule has 0 spiro atoms. The van der Waals surface area contributed by atoms with Gasteiger partial charge in [-0.05, 0) is 48.5 Å². The number of hydrogen-bond acceptors (Lipinski definition) is 0. The van der Waals surface area contributed by atoms with E-state index in [-0.39, 0.29) is 11.6 Å². The molecular formula is C17H15F2N2+. The molecule has 0 saturated carbocycles. The lowest BCUT2D eigenvalue weighted by molar-refractivity contribution is -0.740. The summed E-state index contributed by atoms with van der Waals surface area (Å²) in [5.74, 6) is -0.507. The summed E-state index contributed by atoms with van der Waals surface area (Å²) in [7, 11) is 3.87. The van der Waals surface area contributed by atoms with Crippen LogP contribution < -0.4 is 4.68 Å². The molecule has 0 N–H and O–H groups in total. The smallest absolute Gasteiger partial charge is 0.207 e. The second kappa shape index (κ2) is 5.13. The van der Waals surface area contributed by atoms with Crippen LogP contribution in [0.1, 0.15) is 0 Å². The molecule has 0 aliphatic carbocycles. The van der Waals surface area contributed by atoms with E-state index < -0.39 is 0 Å². The van der Waals surface area contributed by atoms with E-state index in [4.69, 9.17) is 0 Å². The third-order valence-electron chi connectivity index (χ3n) is 3.70. The Bertz CT molecular complexity index is 706. The SMILES string of the molecule is Cn1c(-c2ccc(F)cc2)cc(-c2ccc(F)cc2)[n+]1C. The van der Waals surface area contributed by atoms with Crippen LogP contribution in [-0.2, 0) is 14.1 Å². The Hall–Kier alpha value is -2.49. The van der Waals surface area contributed by atoms with E-state index in [1.54, 1.807) is 24.3 Å². The fraction of sp³-hybridized carbons (Fsp3) is 0.118. The van der Waals surface area contributed by atoms with Crippen molar-refractivity contribution in [1.82, 2.24) is 4.68 Å². The Morgan fingerprint density at radius 1 is 0.810 bits per heavy atom. The number of rotatable bonds is 2. The molecule has 0 aliphatic heterocycles. The first-order chi connectivity index (χ1) is 10.1. The van der Waals surface area contributed by atoms with E-state index in [9.17, 15) is 8.78 Å². The van der Waals surface area contributed by atoms with Gasteiger partial charge in [-0.3, -0.25) is 0 Å². The molecule has 0 amide bonds. The molecule has 4 heteroatoms. The van der Waals surface area contributed by atoms with E-state index >= 15 is 0 Å². The summed E-state index contributed by atoms with van der Waals surface area (Å²) in [4.78, 5) is 0. The summed E-state index contributed by atoms with van der Waals surface area (Å²) in [5.41, 5.74) is 3.80. The maximum Gasteiger partial charge on any atom is 0.238 e. The van der Waals surface area contributed by atoms with Crippen LogP contribution in [0, 0.1) is 11.6 Å². The molecule has 2 aromatic carbocycles. The highest BCUT2D eigenvalue weighted by molar-refractivity contribution is 5.66. The van der Waals surface area contributed by atoms with Crippen molar-refractivity contribution in [3.63, 3.8) is 0 Å². The molecule has 0 aliphatic rings. The first-order valence-corrected chi connectivity index (χ1v) is 6.64. The summed E-state index contributed by atoms with van der Waals surface area (Å²) in [5, 5.41) is 0. The number of hydrogen-bond donors (Lipinski definition) is 0. The quantitative estimate of drug-likeness (QED) is 0.638. The molecule has 0 atom stereocenters. The lowest BCUT2D eigenvalue weighted by Gasteiger charge is -2.00. The number of benzene rings is 2. The fourth-order valence-corrected chi connectivity index (χ4v) is 2.42. The van der Waals surface area contributed by atoms with Gasteiger partial charge in [0.25, 0.3) is 0 Å². The molecule has 106 valence electrons. The molecule has 0 unspecified atom stereocenters. The minimum absolute atomic E-state index is 0.254. The highest BCUT2D eigenvalue weighted by atomic mass is 19.1. The molecule has 1 heterocycles. The van der Waals surface area contributed by atoms with Crippen molar-refractivity contribution in [2.75, 3.05) is 0 Å². The van der Waals surface area contributed by atoms with Crippen molar-refractivity contribution in [2.45, 2.75) is 0 Å². The number of nitrogens with zero attached hydrogens (tertiary/aromatic N) is 2. The van der Waals surface area contributed by atoms with Gasteiger partial charge < -0.3 is 0 Å². The maximum absolute atomic E-state index is 13.0. The predicted octanol–water partition coefficient (Wildman–Crippen LogP) is 3.46. The Morgan fingerprint density at radius 2 is 1.29 bits per heavy atom. The van der Waals surface area contributed by atoms with Crippen LogP contribution in [0.5, 0.6) is 0 Å². The lowest BCUT2D eigenvalue weighted by atomic mass is 10.1. The molecule has 0 bridgehead atoms. The zero-order valence-electron chi connectivity index (χ0n) is 11.8. The van der Waals surface area contributed by atoms with Gasteiger partial charge in [-0.15, -0.1) is 4.68 Å². The van der Waals surface area contributed by atoms with Gasteiger partial charge in [0, 0.05) is 17.2 Å². The van der Waals surface area contributed by atoms with Gasteiger partial charge in [-0.1, -0.05) is 0 Å². The lowest BCUT2D eigenvalue weighted by Crippen LogP contribution is -2.39. The molecule has 0 fully saturated rings. The van der Waals surface area contributed by atoms with Crippen LogP contribution in [0.25, 0.3) is 22.5 Å². The molecule has 3 aromatic rings. The van der Waals surface area contributed by atoms with Crippen molar-refractivity contribution < 1.29 is 13.5 Å². The molecule has 0 saturated heterocycles. The second-order valence-corrected chi connectivity index (χ2v) is 4.98. The van der Waals surface area contributed by atoms with Gasteiger partial charge in [0.1, 0.15) is 17.3 Å². The Balaban J connectivity index is 2.11. The molecule has 1 aromatic heterocycles. The molecule has 3 rings (SSSR count). The van der Waals surface area contributed by atoms with Crippen molar-refractivity contribution in [1.29, 1.82) is 0 Å². The Labute approximate surface area is 121 Å². The van der Waals surface area contributed by atoms with Crippen molar-refractivity contribution in [3.8, 4) is 22.5 Å². The van der Waals surface area contributed by atoms with Gasteiger partial charge in [-0.25, -0.2) is 8.78 Å². The molecule has 2 nitrogen and oxygen atoms in total. The van der Waals surface area contributed by atoms with Crippen LogP contribution in [0.2, 0.25) is 0 Å². The van der Waals surface area contributed by atoms with Crippen molar-refractivity contribution in [2.24, 2.45) is 14.1 Å². The molecule has 21 heavy (non-hydrogen) atoms. The third-order valence-corrected chi connectivity index (χ3v) is 3.70. The van der Waals surface area contributed by atoms with Gasteiger partial charge in [0.15, 0.2) is 7.05 Å². The standard InChI is InChI=1S/C17H15F2N2/c1-20-16(12-3-7-14(18)8-4-12)11-17(21(20)2)13-5-9-15(19)10-6-13/h3-11H,1-2H3/q+1. The third kappa shape index (κ3) is 2.44. The maximum atomic E-state index is 13.0. The van der Waals surface area contributed by atoms with Crippen LogP contribution in [0.15, 0.2) is 54.6 Å².